The molecular weight excluding hydrogens is 314 g/mol. The lowest BCUT2D eigenvalue weighted by atomic mass is 9.98. The maximum atomic E-state index is 12.9. The molecule has 0 N–H and O–H groups in total. The Kier molecular flexibility index (Phi) is 4.68. The van der Waals surface area contributed by atoms with E-state index in [2.05, 4.69) is 4.98 Å². The average Bonchev–Trinajstić information content (AvgIpc) is 3.37. The minimum Gasteiger partial charge on any atom is -0.334 e. The molecule has 0 unspecified atom stereocenters. The van der Waals surface area contributed by atoms with Crippen LogP contribution in [0.1, 0.15) is 31.4 Å². The molecule has 1 saturated carbocycles. The van der Waals surface area contributed by atoms with Crippen molar-refractivity contribution in [3.05, 3.63) is 30.1 Å². The summed E-state index contributed by atoms with van der Waals surface area (Å²) in [5, 5.41) is 0. The quantitative estimate of drug-likeness (QED) is 0.811. The van der Waals surface area contributed by atoms with Gasteiger partial charge in [-0.05, 0) is 37.8 Å². The van der Waals surface area contributed by atoms with Crippen molar-refractivity contribution in [1.82, 2.24) is 14.2 Å². The molecule has 1 aliphatic heterocycles. The van der Waals surface area contributed by atoms with Crippen molar-refractivity contribution >= 4 is 15.9 Å². The molecule has 0 radical (unpaired) electrons. The van der Waals surface area contributed by atoms with Crippen LogP contribution in [0.15, 0.2) is 24.4 Å². The van der Waals surface area contributed by atoms with Gasteiger partial charge < -0.3 is 4.90 Å². The van der Waals surface area contributed by atoms with Crippen LogP contribution in [0.2, 0.25) is 0 Å². The Balaban J connectivity index is 1.71. The van der Waals surface area contributed by atoms with Crippen LogP contribution >= 0.6 is 0 Å². The van der Waals surface area contributed by atoms with E-state index in [4.69, 9.17) is 0 Å². The maximum absolute atomic E-state index is 12.9. The number of sulfonamides is 1. The monoisotopic (exact) mass is 337 g/mol. The van der Waals surface area contributed by atoms with E-state index in [1.165, 1.54) is 10.6 Å². The zero-order valence-corrected chi connectivity index (χ0v) is 14.2. The van der Waals surface area contributed by atoms with Crippen molar-refractivity contribution in [2.45, 2.75) is 38.3 Å². The number of pyridine rings is 1. The number of rotatable bonds is 5. The lowest BCUT2D eigenvalue weighted by Crippen LogP contribution is -2.46. The summed E-state index contributed by atoms with van der Waals surface area (Å²) >= 11 is 0. The Labute approximate surface area is 137 Å². The summed E-state index contributed by atoms with van der Waals surface area (Å²) in [7, 11) is -3.23. The fourth-order valence-corrected chi connectivity index (χ4v) is 4.03. The predicted molar refractivity (Wildman–Crippen MR) is 86.9 cm³/mol. The minimum atomic E-state index is -3.23. The van der Waals surface area contributed by atoms with Crippen LogP contribution in [0.25, 0.3) is 0 Å². The average molecular weight is 337 g/mol. The molecule has 0 spiro atoms. The van der Waals surface area contributed by atoms with E-state index in [-0.39, 0.29) is 17.9 Å². The Morgan fingerprint density at radius 1 is 1.35 bits per heavy atom. The maximum Gasteiger partial charge on any atom is 0.227 e. The van der Waals surface area contributed by atoms with E-state index in [1.807, 2.05) is 23.1 Å². The first-order valence-electron chi connectivity index (χ1n) is 8.10. The Hall–Kier alpha value is -1.47. The second-order valence-corrected chi connectivity index (χ2v) is 8.46. The van der Waals surface area contributed by atoms with E-state index < -0.39 is 10.0 Å². The number of amides is 1. The molecule has 1 amide bonds. The van der Waals surface area contributed by atoms with Gasteiger partial charge in [0.2, 0.25) is 15.9 Å². The van der Waals surface area contributed by atoms with Gasteiger partial charge in [0, 0.05) is 25.3 Å². The molecule has 1 saturated heterocycles. The third kappa shape index (κ3) is 4.09. The number of carbonyl (C=O) groups is 1. The molecule has 3 rings (SSSR count). The number of nitrogens with zero attached hydrogens (tertiary/aromatic N) is 3. The van der Waals surface area contributed by atoms with E-state index in [9.17, 15) is 13.2 Å². The lowest BCUT2D eigenvalue weighted by molar-refractivity contribution is -0.138. The molecule has 2 heterocycles. The molecule has 126 valence electrons. The summed E-state index contributed by atoms with van der Waals surface area (Å²) in [5.41, 5.74) is 0.878. The molecule has 6 nitrogen and oxygen atoms in total. The van der Waals surface area contributed by atoms with Gasteiger partial charge in [-0.1, -0.05) is 6.07 Å². The Morgan fingerprint density at radius 2 is 2.13 bits per heavy atom. The van der Waals surface area contributed by atoms with Crippen LogP contribution in [0.3, 0.4) is 0 Å². The summed E-state index contributed by atoms with van der Waals surface area (Å²) in [6.45, 7) is 1.34. The highest BCUT2D eigenvalue weighted by Gasteiger charge is 2.38. The van der Waals surface area contributed by atoms with Gasteiger partial charge in [-0.3, -0.25) is 9.78 Å². The fraction of sp³-hybridized carbons (Fsp3) is 0.625. The highest BCUT2D eigenvalue weighted by Crippen LogP contribution is 2.31. The highest BCUT2D eigenvalue weighted by molar-refractivity contribution is 7.88. The summed E-state index contributed by atoms with van der Waals surface area (Å²) in [6, 6.07) is 5.99. The highest BCUT2D eigenvalue weighted by atomic mass is 32.2. The molecule has 0 bridgehead atoms. The van der Waals surface area contributed by atoms with Gasteiger partial charge in [0.15, 0.2) is 0 Å². The van der Waals surface area contributed by atoms with Crippen molar-refractivity contribution in [3.63, 3.8) is 0 Å². The van der Waals surface area contributed by atoms with E-state index in [0.29, 0.717) is 19.6 Å². The van der Waals surface area contributed by atoms with Crippen molar-refractivity contribution < 1.29 is 13.2 Å². The molecular formula is C16H23N3O3S. The normalized spacial score (nSPS) is 22.7. The first kappa shape index (κ1) is 16.4. The topological polar surface area (TPSA) is 70.6 Å². The molecule has 0 aromatic carbocycles. The van der Waals surface area contributed by atoms with Gasteiger partial charge in [-0.15, -0.1) is 0 Å². The summed E-state index contributed by atoms with van der Waals surface area (Å²) in [6.07, 6.45) is 6.51. The molecule has 1 aromatic heterocycles. The lowest BCUT2D eigenvalue weighted by Gasteiger charge is -2.33. The van der Waals surface area contributed by atoms with Gasteiger partial charge in [0.1, 0.15) is 0 Å². The fourth-order valence-electron chi connectivity index (χ4n) is 3.12. The summed E-state index contributed by atoms with van der Waals surface area (Å²) < 4.78 is 24.9. The second-order valence-electron chi connectivity index (χ2n) is 6.48. The molecule has 23 heavy (non-hydrogen) atoms. The van der Waals surface area contributed by atoms with Gasteiger partial charge in [0.25, 0.3) is 0 Å². The number of hydrogen-bond acceptors (Lipinski definition) is 4. The van der Waals surface area contributed by atoms with Crippen LogP contribution in [0.4, 0.5) is 0 Å². The van der Waals surface area contributed by atoms with Crippen molar-refractivity contribution in [2.75, 3.05) is 19.3 Å². The van der Waals surface area contributed by atoms with Gasteiger partial charge in [-0.25, -0.2) is 12.7 Å². The van der Waals surface area contributed by atoms with Crippen LogP contribution in [-0.4, -0.2) is 53.9 Å². The first-order valence-corrected chi connectivity index (χ1v) is 9.95. The molecule has 2 fully saturated rings. The molecule has 2 aliphatic rings. The van der Waals surface area contributed by atoms with Crippen molar-refractivity contribution in [3.8, 4) is 0 Å². The van der Waals surface area contributed by atoms with E-state index in [0.717, 1.165) is 31.4 Å². The van der Waals surface area contributed by atoms with Crippen LogP contribution < -0.4 is 0 Å². The summed E-state index contributed by atoms with van der Waals surface area (Å²) in [4.78, 5) is 19.1. The first-order chi connectivity index (χ1) is 10.9. The number of hydrogen-bond donors (Lipinski definition) is 0. The number of carbonyl (C=O) groups excluding carboxylic acids is 1. The number of aromatic nitrogens is 1. The van der Waals surface area contributed by atoms with Gasteiger partial charge in [-0.2, -0.15) is 0 Å². The SMILES string of the molecule is CS(=O)(=O)N1CCC[C@H](C(=O)N(Cc2ccccn2)C2CC2)C1. The number of piperidine rings is 1. The third-order valence-electron chi connectivity index (χ3n) is 4.53. The largest absolute Gasteiger partial charge is 0.334 e. The van der Waals surface area contributed by atoms with E-state index >= 15 is 0 Å². The molecule has 7 heteroatoms. The Morgan fingerprint density at radius 3 is 2.74 bits per heavy atom. The molecule has 1 aliphatic carbocycles. The van der Waals surface area contributed by atoms with Crippen LogP contribution in [-0.2, 0) is 21.4 Å². The standard InChI is InChI=1S/C16H23N3O3S/c1-23(21,22)18-10-4-5-13(11-18)16(20)19(15-7-8-15)12-14-6-2-3-9-17-14/h2-3,6,9,13,15H,4-5,7-8,10-12H2,1H3/t13-/m0/s1. The van der Waals surface area contributed by atoms with Gasteiger partial charge in [0.05, 0.1) is 24.4 Å². The second kappa shape index (κ2) is 6.57. The zero-order valence-electron chi connectivity index (χ0n) is 13.4. The van der Waals surface area contributed by atoms with E-state index in [1.54, 1.807) is 6.20 Å². The van der Waals surface area contributed by atoms with Crippen molar-refractivity contribution in [2.24, 2.45) is 5.92 Å². The molecule has 1 aromatic rings. The zero-order chi connectivity index (χ0) is 16.4. The van der Waals surface area contributed by atoms with Crippen LogP contribution in [0, 0.1) is 5.92 Å². The third-order valence-corrected chi connectivity index (χ3v) is 5.80. The predicted octanol–water partition coefficient (Wildman–Crippen LogP) is 1.24. The smallest absolute Gasteiger partial charge is 0.227 e. The minimum absolute atomic E-state index is 0.0755. The Bertz CT molecular complexity index is 658. The summed E-state index contributed by atoms with van der Waals surface area (Å²) in [5.74, 6) is -0.158. The van der Waals surface area contributed by atoms with Crippen LogP contribution in [0.5, 0.6) is 0 Å². The van der Waals surface area contributed by atoms with Gasteiger partial charge >= 0.3 is 0 Å². The molecule has 1 atom stereocenters. The van der Waals surface area contributed by atoms with Crippen molar-refractivity contribution in [1.29, 1.82) is 0 Å².